The first kappa shape index (κ1) is 12.9. The predicted molar refractivity (Wildman–Crippen MR) is 69.9 cm³/mol. The van der Waals surface area contributed by atoms with E-state index in [1.807, 2.05) is 4.90 Å². The Kier molecular flexibility index (Phi) is 4.84. The molecule has 0 unspecified atom stereocenters. The number of nitrogens with one attached hydrogen (secondary N) is 1. The van der Waals surface area contributed by atoms with E-state index >= 15 is 0 Å². The smallest absolute Gasteiger partial charge is 0.236 e. The van der Waals surface area contributed by atoms with E-state index in [9.17, 15) is 4.79 Å². The second kappa shape index (κ2) is 6.39. The molecule has 2 aliphatic carbocycles. The van der Waals surface area contributed by atoms with Crippen molar-refractivity contribution in [3.8, 4) is 0 Å². The summed E-state index contributed by atoms with van der Waals surface area (Å²) >= 11 is 0. The normalized spacial score (nSPS) is 20.8. The molecule has 0 aliphatic heterocycles. The fourth-order valence-corrected chi connectivity index (χ4v) is 2.93. The van der Waals surface area contributed by atoms with Crippen LogP contribution in [0.15, 0.2) is 0 Å². The Morgan fingerprint density at radius 2 is 1.94 bits per heavy atom. The van der Waals surface area contributed by atoms with Gasteiger partial charge in [-0.3, -0.25) is 4.79 Å². The van der Waals surface area contributed by atoms with Gasteiger partial charge in [0.1, 0.15) is 0 Å². The number of hydrogen-bond donors (Lipinski definition) is 1. The van der Waals surface area contributed by atoms with E-state index < -0.39 is 0 Å². The van der Waals surface area contributed by atoms with Crippen LogP contribution in [0.2, 0.25) is 0 Å². The molecule has 0 saturated heterocycles. The van der Waals surface area contributed by atoms with Gasteiger partial charge in [0.15, 0.2) is 0 Å². The number of nitrogens with zero attached hydrogens (tertiary/aromatic N) is 1. The molecule has 17 heavy (non-hydrogen) atoms. The van der Waals surface area contributed by atoms with Crippen LogP contribution in [-0.2, 0) is 4.79 Å². The maximum absolute atomic E-state index is 11.9. The van der Waals surface area contributed by atoms with Gasteiger partial charge >= 0.3 is 0 Å². The van der Waals surface area contributed by atoms with Crippen LogP contribution < -0.4 is 5.32 Å². The summed E-state index contributed by atoms with van der Waals surface area (Å²) in [6.45, 7) is 4.50. The van der Waals surface area contributed by atoms with Crippen LogP contribution in [0.25, 0.3) is 0 Å². The zero-order valence-electron chi connectivity index (χ0n) is 11.1. The van der Waals surface area contributed by atoms with Crippen molar-refractivity contribution in [1.82, 2.24) is 10.2 Å². The summed E-state index contributed by atoms with van der Waals surface area (Å²) in [4.78, 5) is 13.9. The number of rotatable bonds is 7. The summed E-state index contributed by atoms with van der Waals surface area (Å²) < 4.78 is 0. The Bertz CT molecular complexity index is 245. The van der Waals surface area contributed by atoms with Crippen LogP contribution in [0.5, 0.6) is 0 Å². The topological polar surface area (TPSA) is 32.3 Å². The van der Waals surface area contributed by atoms with Gasteiger partial charge in [0.25, 0.3) is 0 Å². The van der Waals surface area contributed by atoms with Gasteiger partial charge in [-0.05, 0) is 38.6 Å². The molecule has 2 saturated carbocycles. The van der Waals surface area contributed by atoms with Gasteiger partial charge in [-0.25, -0.2) is 0 Å². The van der Waals surface area contributed by atoms with Crippen molar-refractivity contribution in [1.29, 1.82) is 0 Å². The van der Waals surface area contributed by atoms with Crippen molar-refractivity contribution in [3.05, 3.63) is 0 Å². The van der Waals surface area contributed by atoms with E-state index in [-0.39, 0.29) is 0 Å². The third-order valence-corrected chi connectivity index (χ3v) is 4.13. The molecule has 0 atom stereocenters. The Labute approximate surface area is 105 Å². The molecule has 0 bridgehead atoms. The van der Waals surface area contributed by atoms with Crippen LogP contribution in [0.3, 0.4) is 0 Å². The lowest BCUT2D eigenvalue weighted by molar-refractivity contribution is -0.130. The summed E-state index contributed by atoms with van der Waals surface area (Å²) in [6, 6.07) is 0.559. The molecule has 0 aromatic heterocycles. The fraction of sp³-hybridized carbons (Fsp3) is 0.929. The van der Waals surface area contributed by atoms with E-state index in [1.165, 1.54) is 44.9 Å². The van der Waals surface area contributed by atoms with Crippen LogP contribution in [0.4, 0.5) is 0 Å². The highest BCUT2D eigenvalue weighted by atomic mass is 16.2. The average molecular weight is 238 g/mol. The molecule has 0 heterocycles. The van der Waals surface area contributed by atoms with Gasteiger partial charge < -0.3 is 10.2 Å². The monoisotopic (exact) mass is 238 g/mol. The van der Waals surface area contributed by atoms with Crippen molar-refractivity contribution in [3.63, 3.8) is 0 Å². The molecule has 2 aliphatic rings. The minimum Gasteiger partial charge on any atom is -0.339 e. The molecular weight excluding hydrogens is 212 g/mol. The second-order valence-corrected chi connectivity index (χ2v) is 5.53. The maximum atomic E-state index is 11.9. The molecule has 0 aromatic carbocycles. The first-order chi connectivity index (χ1) is 8.31. The molecule has 3 nitrogen and oxygen atoms in total. The number of likely N-dealkylation sites (N-methyl/N-ethyl adjacent to an activating group) is 1. The minimum absolute atomic E-state index is 0.293. The van der Waals surface area contributed by atoms with Crippen LogP contribution >= 0.6 is 0 Å². The van der Waals surface area contributed by atoms with Crippen molar-refractivity contribution >= 4 is 5.91 Å². The van der Waals surface area contributed by atoms with Crippen LogP contribution in [-0.4, -0.2) is 36.5 Å². The third-order valence-electron chi connectivity index (χ3n) is 4.13. The Balaban J connectivity index is 1.55. The third kappa shape index (κ3) is 3.98. The molecular formula is C14H26N2O. The van der Waals surface area contributed by atoms with Gasteiger partial charge in [-0.1, -0.05) is 25.7 Å². The standard InChI is InChI=1S/C14H26N2O/c1-2-16(13-7-8-13)14(17)11-15-10-9-12-5-3-4-6-12/h12-13,15H,2-11H2,1H3. The molecule has 98 valence electrons. The number of carbonyl (C=O) groups excluding carboxylic acids is 1. The Morgan fingerprint density at radius 3 is 2.53 bits per heavy atom. The number of amides is 1. The van der Waals surface area contributed by atoms with Gasteiger partial charge in [0, 0.05) is 12.6 Å². The highest BCUT2D eigenvalue weighted by molar-refractivity contribution is 5.78. The molecule has 1 amide bonds. The minimum atomic E-state index is 0.293. The number of hydrogen-bond acceptors (Lipinski definition) is 2. The zero-order valence-corrected chi connectivity index (χ0v) is 11.1. The van der Waals surface area contributed by atoms with Crippen LogP contribution in [0, 0.1) is 5.92 Å². The molecule has 3 heteroatoms. The molecule has 1 N–H and O–H groups in total. The second-order valence-electron chi connectivity index (χ2n) is 5.53. The van der Waals surface area contributed by atoms with Crippen molar-refractivity contribution in [2.75, 3.05) is 19.6 Å². The molecule has 0 spiro atoms. The first-order valence-electron chi connectivity index (χ1n) is 7.31. The summed E-state index contributed by atoms with van der Waals surface area (Å²) in [5.41, 5.74) is 0. The van der Waals surface area contributed by atoms with E-state index in [0.717, 1.165) is 19.0 Å². The van der Waals surface area contributed by atoms with Crippen molar-refractivity contribution < 1.29 is 4.79 Å². The summed E-state index contributed by atoms with van der Waals surface area (Å²) in [6.07, 6.45) is 9.30. The number of carbonyl (C=O) groups is 1. The lowest BCUT2D eigenvalue weighted by Crippen LogP contribution is -2.39. The molecule has 2 rings (SSSR count). The van der Waals surface area contributed by atoms with E-state index in [2.05, 4.69) is 12.2 Å². The van der Waals surface area contributed by atoms with E-state index in [0.29, 0.717) is 18.5 Å². The fourth-order valence-electron chi connectivity index (χ4n) is 2.93. The summed E-state index contributed by atoms with van der Waals surface area (Å²) in [5.74, 6) is 1.21. The lowest BCUT2D eigenvalue weighted by Gasteiger charge is -2.20. The quantitative estimate of drug-likeness (QED) is 0.689. The SMILES string of the molecule is CCN(C(=O)CNCCC1CCCC1)C1CC1. The largest absolute Gasteiger partial charge is 0.339 e. The highest BCUT2D eigenvalue weighted by Crippen LogP contribution is 2.27. The van der Waals surface area contributed by atoms with Gasteiger partial charge in [-0.2, -0.15) is 0 Å². The van der Waals surface area contributed by atoms with Gasteiger partial charge in [0.2, 0.25) is 5.91 Å². The highest BCUT2D eigenvalue weighted by Gasteiger charge is 2.30. The van der Waals surface area contributed by atoms with Crippen molar-refractivity contribution in [2.45, 2.75) is 57.9 Å². The Morgan fingerprint density at radius 1 is 1.24 bits per heavy atom. The predicted octanol–water partition coefficient (Wildman–Crippen LogP) is 2.17. The maximum Gasteiger partial charge on any atom is 0.236 e. The lowest BCUT2D eigenvalue weighted by atomic mass is 10.0. The summed E-state index contributed by atoms with van der Waals surface area (Å²) in [5, 5.41) is 3.32. The zero-order chi connectivity index (χ0) is 12.1. The van der Waals surface area contributed by atoms with Crippen molar-refractivity contribution in [2.24, 2.45) is 5.92 Å². The van der Waals surface area contributed by atoms with Gasteiger partial charge in [0.05, 0.1) is 6.54 Å². The average Bonchev–Trinajstić information content (AvgIpc) is 3.02. The molecule has 2 fully saturated rings. The molecule has 0 aromatic rings. The van der Waals surface area contributed by atoms with E-state index in [1.54, 1.807) is 0 Å². The Hall–Kier alpha value is -0.570. The molecule has 0 radical (unpaired) electrons. The van der Waals surface area contributed by atoms with Gasteiger partial charge in [-0.15, -0.1) is 0 Å². The van der Waals surface area contributed by atoms with Crippen LogP contribution in [0.1, 0.15) is 51.9 Å². The summed E-state index contributed by atoms with van der Waals surface area (Å²) in [7, 11) is 0. The first-order valence-corrected chi connectivity index (χ1v) is 7.31. The van der Waals surface area contributed by atoms with E-state index in [4.69, 9.17) is 0 Å².